The largest absolute Gasteiger partial charge is 0.469 e. The molecule has 1 aromatic rings. The fourth-order valence-corrected chi connectivity index (χ4v) is 2.74. The van der Waals surface area contributed by atoms with Crippen molar-refractivity contribution in [3.05, 3.63) is 34.9 Å². The van der Waals surface area contributed by atoms with Crippen LogP contribution in [0.3, 0.4) is 0 Å². The third-order valence-corrected chi connectivity index (χ3v) is 4.03. The monoisotopic (exact) mass is 289 g/mol. The molecule has 1 aromatic carbocycles. The number of benzene rings is 1. The smallest absolute Gasteiger partial charge is 0.306 e. The van der Waals surface area contributed by atoms with E-state index in [0.29, 0.717) is 0 Å². The number of fused-ring (bicyclic) bond motifs is 1. The van der Waals surface area contributed by atoms with E-state index >= 15 is 0 Å². The maximum absolute atomic E-state index is 11.8. The molecule has 0 heterocycles. The highest BCUT2D eigenvalue weighted by Gasteiger charge is 2.14. The minimum absolute atomic E-state index is 0.0395. The lowest BCUT2D eigenvalue weighted by molar-refractivity contribution is -0.142. The lowest BCUT2D eigenvalue weighted by Gasteiger charge is -2.20. The summed E-state index contributed by atoms with van der Waals surface area (Å²) >= 11 is 0. The Labute approximate surface area is 125 Å². The lowest BCUT2D eigenvalue weighted by atomic mass is 9.89. The molecule has 0 aromatic heterocycles. The van der Waals surface area contributed by atoms with Gasteiger partial charge in [-0.3, -0.25) is 9.59 Å². The zero-order valence-corrected chi connectivity index (χ0v) is 12.8. The average Bonchev–Trinajstić information content (AvgIpc) is 2.52. The maximum atomic E-state index is 11.8. The van der Waals surface area contributed by atoms with Gasteiger partial charge in [0.15, 0.2) is 0 Å². The van der Waals surface area contributed by atoms with Gasteiger partial charge in [-0.05, 0) is 49.3 Å². The molecule has 1 amide bonds. The van der Waals surface area contributed by atoms with Gasteiger partial charge in [0.25, 0.3) is 0 Å². The fraction of sp³-hybridized carbons (Fsp3) is 0.529. The molecule has 1 aliphatic rings. The molecule has 0 bridgehead atoms. The lowest BCUT2D eigenvalue weighted by Crippen LogP contribution is -2.27. The van der Waals surface area contributed by atoms with Gasteiger partial charge in [-0.25, -0.2) is 0 Å². The first kappa shape index (κ1) is 15.5. The molecule has 0 saturated heterocycles. The van der Waals surface area contributed by atoms with Gasteiger partial charge in [0, 0.05) is 6.42 Å². The summed E-state index contributed by atoms with van der Waals surface area (Å²) in [5.41, 5.74) is 3.98. The second-order valence-electron chi connectivity index (χ2n) is 5.60. The van der Waals surface area contributed by atoms with Crippen molar-refractivity contribution in [1.29, 1.82) is 0 Å². The van der Waals surface area contributed by atoms with Crippen LogP contribution in [0, 0.1) is 0 Å². The number of methoxy groups -OCH3 is 1. The van der Waals surface area contributed by atoms with Crippen LogP contribution in [-0.2, 0) is 27.2 Å². The van der Waals surface area contributed by atoms with E-state index in [1.165, 1.54) is 31.1 Å². The molecule has 0 radical (unpaired) electrons. The Morgan fingerprint density at radius 3 is 2.62 bits per heavy atom. The molecule has 4 heteroatoms. The molecule has 0 saturated carbocycles. The van der Waals surface area contributed by atoms with Crippen molar-refractivity contribution in [3.8, 4) is 0 Å². The number of carbonyl (C=O) groups excluding carboxylic acids is 2. The van der Waals surface area contributed by atoms with Gasteiger partial charge >= 0.3 is 5.97 Å². The van der Waals surface area contributed by atoms with Crippen molar-refractivity contribution in [1.82, 2.24) is 5.32 Å². The van der Waals surface area contributed by atoms with E-state index in [1.807, 2.05) is 6.92 Å². The number of rotatable bonds is 5. The highest BCUT2D eigenvalue weighted by molar-refractivity contribution is 5.81. The normalized spacial score (nSPS) is 15.0. The van der Waals surface area contributed by atoms with Crippen LogP contribution in [0.2, 0.25) is 0 Å². The Morgan fingerprint density at radius 2 is 1.90 bits per heavy atom. The highest BCUT2D eigenvalue weighted by Crippen LogP contribution is 2.24. The molecule has 1 aliphatic carbocycles. The number of ether oxygens (including phenoxy) is 1. The molecule has 0 spiro atoms. The summed E-state index contributed by atoms with van der Waals surface area (Å²) in [6, 6.07) is 6.44. The minimum atomic E-state index is -0.355. The predicted molar refractivity (Wildman–Crippen MR) is 80.9 cm³/mol. The van der Waals surface area contributed by atoms with Gasteiger partial charge in [-0.15, -0.1) is 0 Å². The number of aryl methyl sites for hydroxylation is 2. The van der Waals surface area contributed by atoms with Gasteiger partial charge in [0.05, 0.1) is 19.6 Å². The standard InChI is InChI=1S/C17H23NO3/c1-12(18-16(19)9-10-17(20)21-2)14-8-7-13-5-3-4-6-15(13)11-14/h7-8,11-12H,3-6,9-10H2,1-2H3,(H,18,19). The average molecular weight is 289 g/mol. The van der Waals surface area contributed by atoms with Gasteiger partial charge in [0.1, 0.15) is 0 Å². The molecule has 4 nitrogen and oxygen atoms in total. The van der Waals surface area contributed by atoms with Crippen LogP contribution in [0.25, 0.3) is 0 Å². The van der Waals surface area contributed by atoms with Gasteiger partial charge in [0.2, 0.25) is 5.91 Å². The first-order valence-corrected chi connectivity index (χ1v) is 7.58. The SMILES string of the molecule is COC(=O)CCC(=O)NC(C)c1ccc2c(c1)CCCC2. The molecule has 21 heavy (non-hydrogen) atoms. The number of hydrogen-bond acceptors (Lipinski definition) is 3. The van der Waals surface area contributed by atoms with Gasteiger partial charge in [-0.2, -0.15) is 0 Å². The Kier molecular flexibility index (Phi) is 5.37. The molecule has 0 fully saturated rings. The van der Waals surface area contributed by atoms with Crippen LogP contribution in [0.5, 0.6) is 0 Å². The number of amides is 1. The molecule has 2 rings (SSSR count). The summed E-state index contributed by atoms with van der Waals surface area (Å²) in [6.07, 6.45) is 5.10. The van der Waals surface area contributed by atoms with Crippen LogP contribution in [0.4, 0.5) is 0 Å². The van der Waals surface area contributed by atoms with Crippen LogP contribution in [-0.4, -0.2) is 19.0 Å². The van der Waals surface area contributed by atoms with E-state index in [1.54, 1.807) is 0 Å². The number of carbonyl (C=O) groups is 2. The molecular weight excluding hydrogens is 266 g/mol. The molecule has 114 valence electrons. The predicted octanol–water partition coefficient (Wildman–Crippen LogP) is 2.70. The first-order chi connectivity index (χ1) is 10.1. The van der Waals surface area contributed by atoms with Crippen LogP contribution in [0.1, 0.15) is 55.3 Å². The summed E-state index contributed by atoms with van der Waals surface area (Å²) in [6.45, 7) is 1.97. The van der Waals surface area contributed by atoms with E-state index in [2.05, 4.69) is 28.3 Å². The summed E-state index contributed by atoms with van der Waals surface area (Å²) in [5.74, 6) is -0.475. The Bertz CT molecular complexity index is 525. The minimum Gasteiger partial charge on any atom is -0.469 e. The van der Waals surface area contributed by atoms with Crippen molar-refractivity contribution >= 4 is 11.9 Å². The van der Waals surface area contributed by atoms with Crippen molar-refractivity contribution in [2.24, 2.45) is 0 Å². The van der Waals surface area contributed by atoms with Crippen molar-refractivity contribution in [2.45, 2.75) is 51.5 Å². The fourth-order valence-electron chi connectivity index (χ4n) is 2.74. The van der Waals surface area contributed by atoms with E-state index < -0.39 is 0 Å². The topological polar surface area (TPSA) is 55.4 Å². The van der Waals surface area contributed by atoms with E-state index in [-0.39, 0.29) is 30.8 Å². The Balaban J connectivity index is 1.92. The number of esters is 1. The quantitative estimate of drug-likeness (QED) is 0.848. The van der Waals surface area contributed by atoms with E-state index in [9.17, 15) is 9.59 Å². The summed E-state index contributed by atoms with van der Waals surface area (Å²) in [4.78, 5) is 22.8. The van der Waals surface area contributed by atoms with E-state index in [4.69, 9.17) is 0 Å². The third kappa shape index (κ3) is 4.31. The second kappa shape index (κ2) is 7.25. The van der Waals surface area contributed by atoms with Crippen LogP contribution in [0.15, 0.2) is 18.2 Å². The van der Waals surface area contributed by atoms with Crippen LogP contribution < -0.4 is 5.32 Å². The van der Waals surface area contributed by atoms with Crippen molar-refractivity contribution in [3.63, 3.8) is 0 Å². The van der Waals surface area contributed by atoms with Crippen molar-refractivity contribution < 1.29 is 14.3 Å². The van der Waals surface area contributed by atoms with Crippen molar-refractivity contribution in [2.75, 3.05) is 7.11 Å². The molecule has 1 unspecified atom stereocenters. The maximum Gasteiger partial charge on any atom is 0.306 e. The van der Waals surface area contributed by atoms with Gasteiger partial charge < -0.3 is 10.1 Å². The first-order valence-electron chi connectivity index (χ1n) is 7.58. The zero-order valence-electron chi connectivity index (χ0n) is 12.8. The third-order valence-electron chi connectivity index (χ3n) is 4.03. The second-order valence-corrected chi connectivity index (χ2v) is 5.60. The van der Waals surface area contributed by atoms with Crippen LogP contribution >= 0.6 is 0 Å². The summed E-state index contributed by atoms with van der Waals surface area (Å²) in [5, 5.41) is 2.94. The number of hydrogen-bond donors (Lipinski definition) is 1. The zero-order chi connectivity index (χ0) is 15.2. The molecule has 1 atom stereocenters. The Morgan fingerprint density at radius 1 is 1.19 bits per heavy atom. The molecular formula is C17H23NO3. The Hall–Kier alpha value is -1.84. The number of nitrogens with one attached hydrogen (secondary N) is 1. The van der Waals surface area contributed by atoms with E-state index in [0.717, 1.165) is 18.4 Å². The highest BCUT2D eigenvalue weighted by atomic mass is 16.5. The summed E-state index contributed by atoms with van der Waals surface area (Å²) in [7, 11) is 1.33. The summed E-state index contributed by atoms with van der Waals surface area (Å²) < 4.78 is 4.53. The molecule has 0 aliphatic heterocycles. The van der Waals surface area contributed by atoms with Gasteiger partial charge in [-0.1, -0.05) is 18.2 Å². The molecule has 1 N–H and O–H groups in total.